The van der Waals surface area contributed by atoms with Crippen LogP contribution in [0, 0.1) is 6.92 Å². The first-order chi connectivity index (χ1) is 18.9. The van der Waals surface area contributed by atoms with E-state index in [2.05, 4.69) is 22.7 Å². The minimum atomic E-state index is -0.533. The van der Waals surface area contributed by atoms with Crippen molar-refractivity contribution in [3.8, 4) is 0 Å². The first-order valence-corrected chi connectivity index (χ1v) is 13.6. The first kappa shape index (κ1) is 28.8. The monoisotopic (exact) mass is 546 g/mol. The molecule has 0 saturated carbocycles. The predicted molar refractivity (Wildman–Crippen MR) is 155 cm³/mol. The molecule has 0 radical (unpaired) electrons. The van der Waals surface area contributed by atoms with E-state index in [9.17, 15) is 14.4 Å². The summed E-state index contributed by atoms with van der Waals surface area (Å²) in [6.07, 6.45) is 2.88. The van der Waals surface area contributed by atoms with Gasteiger partial charge in [-0.15, -0.1) is 0 Å². The number of hydrogen-bond acceptors (Lipinski definition) is 7. The number of carbonyl (C=O) groups is 2. The zero-order valence-electron chi connectivity index (χ0n) is 24.0. The van der Waals surface area contributed by atoms with Crippen LogP contribution in [-0.4, -0.2) is 50.4 Å². The fraction of sp³-hybridized carbons (Fsp3) is 0.433. The van der Waals surface area contributed by atoms with Gasteiger partial charge in [0, 0.05) is 43.4 Å². The average Bonchev–Trinajstić information content (AvgIpc) is 2.92. The molecule has 1 saturated heterocycles. The first-order valence-electron chi connectivity index (χ1n) is 13.6. The van der Waals surface area contributed by atoms with E-state index in [1.807, 2.05) is 57.2 Å². The molecular formula is C30H38N6O4. The van der Waals surface area contributed by atoms with Crippen LogP contribution in [-0.2, 0) is 11.8 Å². The number of ether oxygens (including phenoxy) is 1. The van der Waals surface area contributed by atoms with Crippen molar-refractivity contribution in [1.29, 1.82) is 0 Å². The van der Waals surface area contributed by atoms with E-state index >= 15 is 0 Å². The highest BCUT2D eigenvalue weighted by Gasteiger charge is 2.28. The number of hydrogen-bond donors (Lipinski definition) is 2. The number of benzene rings is 1. The Labute approximate surface area is 234 Å². The van der Waals surface area contributed by atoms with Gasteiger partial charge in [-0.1, -0.05) is 30.3 Å². The Morgan fingerprint density at radius 1 is 1.07 bits per heavy atom. The fourth-order valence-corrected chi connectivity index (χ4v) is 4.71. The molecule has 3 heterocycles. The van der Waals surface area contributed by atoms with Crippen LogP contribution in [0.5, 0.6) is 0 Å². The quantitative estimate of drug-likeness (QED) is 0.445. The molecule has 1 aromatic carbocycles. The minimum Gasteiger partial charge on any atom is -0.444 e. The number of aryl methyl sites for hydroxylation is 2. The third-order valence-electron chi connectivity index (χ3n) is 6.88. The maximum absolute atomic E-state index is 13.1. The lowest BCUT2D eigenvalue weighted by Gasteiger charge is -2.33. The van der Waals surface area contributed by atoms with Crippen LogP contribution in [0.3, 0.4) is 0 Å². The summed E-state index contributed by atoms with van der Waals surface area (Å²) < 4.78 is 6.69. The van der Waals surface area contributed by atoms with Gasteiger partial charge in [-0.2, -0.15) is 5.10 Å². The number of likely N-dealkylation sites (tertiary alicyclic amines) is 1. The van der Waals surface area contributed by atoms with Crippen LogP contribution in [0.1, 0.15) is 79.8 Å². The van der Waals surface area contributed by atoms with Crippen LogP contribution in [0.4, 0.5) is 16.2 Å². The summed E-state index contributed by atoms with van der Waals surface area (Å²) in [5.41, 5.74) is 3.01. The van der Waals surface area contributed by atoms with Gasteiger partial charge in [-0.05, 0) is 65.2 Å². The summed E-state index contributed by atoms with van der Waals surface area (Å²) in [5.74, 6) is -0.279. The molecule has 1 unspecified atom stereocenters. The molecule has 2 aromatic heterocycles. The van der Waals surface area contributed by atoms with Gasteiger partial charge in [-0.3, -0.25) is 14.6 Å². The maximum Gasteiger partial charge on any atom is 0.410 e. The summed E-state index contributed by atoms with van der Waals surface area (Å²) in [4.78, 5) is 44.1. The summed E-state index contributed by atoms with van der Waals surface area (Å²) in [6, 6.07) is 13.4. The second-order valence-electron chi connectivity index (χ2n) is 11.3. The lowest BCUT2D eigenvalue weighted by Crippen LogP contribution is -2.41. The zero-order valence-corrected chi connectivity index (χ0v) is 24.0. The lowest BCUT2D eigenvalue weighted by molar-refractivity contribution is 0.0204. The van der Waals surface area contributed by atoms with Gasteiger partial charge >= 0.3 is 6.09 Å². The molecule has 1 atom stereocenters. The van der Waals surface area contributed by atoms with Gasteiger partial charge in [0.1, 0.15) is 11.3 Å². The standard InChI is InChI=1S/C30H38N6O4/c1-19-16-25(34-35(6)28(19)38)27(37)33-26-18-31-23(17-24(26)32-20(2)21-10-8-7-9-11-21)22-12-14-36(15-13-22)29(39)40-30(3,4)5/h7-11,16-18,20,22H,12-15H2,1-6H3,(H,31,32)(H,33,37). The molecule has 1 aliphatic heterocycles. The minimum absolute atomic E-state index is 0.0426. The zero-order chi connectivity index (χ0) is 29.0. The number of aromatic nitrogens is 3. The second-order valence-corrected chi connectivity index (χ2v) is 11.3. The number of amides is 2. The van der Waals surface area contributed by atoms with Crippen LogP contribution in [0.25, 0.3) is 0 Å². The lowest BCUT2D eigenvalue weighted by atomic mass is 9.92. The number of piperidine rings is 1. The van der Waals surface area contributed by atoms with E-state index < -0.39 is 11.5 Å². The second kappa shape index (κ2) is 11.9. The van der Waals surface area contributed by atoms with Crippen molar-refractivity contribution in [3.05, 3.63) is 81.5 Å². The van der Waals surface area contributed by atoms with Crippen molar-refractivity contribution in [3.63, 3.8) is 0 Å². The van der Waals surface area contributed by atoms with Gasteiger partial charge in [0.2, 0.25) is 0 Å². The van der Waals surface area contributed by atoms with Gasteiger partial charge in [0.25, 0.3) is 11.5 Å². The molecule has 40 heavy (non-hydrogen) atoms. The van der Waals surface area contributed by atoms with E-state index in [0.717, 1.165) is 34.5 Å². The molecule has 1 aliphatic rings. The van der Waals surface area contributed by atoms with Gasteiger partial charge in [0.15, 0.2) is 0 Å². The Hall–Kier alpha value is -4.21. The highest BCUT2D eigenvalue weighted by molar-refractivity contribution is 6.04. The Morgan fingerprint density at radius 3 is 2.38 bits per heavy atom. The molecule has 10 nitrogen and oxygen atoms in total. The predicted octanol–water partition coefficient (Wildman–Crippen LogP) is 5.02. The van der Waals surface area contributed by atoms with Crippen molar-refractivity contribution in [1.82, 2.24) is 19.7 Å². The largest absolute Gasteiger partial charge is 0.444 e. The molecule has 3 aromatic rings. The number of carbonyl (C=O) groups excluding carboxylic acids is 2. The molecule has 2 N–H and O–H groups in total. The maximum atomic E-state index is 13.1. The molecule has 0 aliphatic carbocycles. The Bertz CT molecular complexity index is 1400. The summed E-state index contributed by atoms with van der Waals surface area (Å²) >= 11 is 0. The molecule has 212 valence electrons. The van der Waals surface area contributed by atoms with Crippen LogP contribution in [0.15, 0.2) is 53.5 Å². The average molecular weight is 547 g/mol. The van der Waals surface area contributed by atoms with Crippen molar-refractivity contribution in [2.75, 3.05) is 23.7 Å². The van der Waals surface area contributed by atoms with Crippen molar-refractivity contribution in [2.45, 2.75) is 65.0 Å². The number of nitrogens with zero attached hydrogens (tertiary/aromatic N) is 4. The van der Waals surface area contributed by atoms with Gasteiger partial charge < -0.3 is 20.3 Å². The van der Waals surface area contributed by atoms with Crippen molar-refractivity contribution < 1.29 is 14.3 Å². The Balaban J connectivity index is 1.56. The fourth-order valence-electron chi connectivity index (χ4n) is 4.71. The van der Waals surface area contributed by atoms with Crippen molar-refractivity contribution in [2.24, 2.45) is 7.05 Å². The SMILES string of the molecule is Cc1cc(C(=O)Nc2cnc(C3CCN(C(=O)OC(C)(C)C)CC3)cc2NC(C)c2ccccc2)nn(C)c1=O. The third kappa shape index (κ3) is 7.05. The topological polar surface area (TPSA) is 118 Å². The summed E-state index contributed by atoms with van der Waals surface area (Å²) in [7, 11) is 1.52. The smallest absolute Gasteiger partial charge is 0.410 e. The number of nitrogens with one attached hydrogen (secondary N) is 2. The molecule has 2 amide bonds. The summed E-state index contributed by atoms with van der Waals surface area (Å²) in [5, 5.41) is 10.6. The number of rotatable bonds is 6. The van der Waals surface area contributed by atoms with Gasteiger partial charge in [-0.25, -0.2) is 9.48 Å². The van der Waals surface area contributed by atoms with Crippen molar-refractivity contribution >= 4 is 23.4 Å². The molecule has 0 bridgehead atoms. The van der Waals surface area contributed by atoms with E-state index in [0.29, 0.717) is 24.3 Å². The summed E-state index contributed by atoms with van der Waals surface area (Å²) in [6.45, 7) is 10.5. The number of pyridine rings is 1. The van der Waals surface area contributed by atoms with E-state index in [1.165, 1.54) is 13.1 Å². The number of anilines is 2. The highest BCUT2D eigenvalue weighted by Crippen LogP contribution is 2.33. The van der Waals surface area contributed by atoms with Crippen LogP contribution < -0.4 is 16.2 Å². The molecule has 10 heteroatoms. The Kier molecular flexibility index (Phi) is 8.56. The van der Waals surface area contributed by atoms with Crippen LogP contribution >= 0.6 is 0 Å². The molecule has 4 rings (SSSR count). The van der Waals surface area contributed by atoms with E-state index in [1.54, 1.807) is 18.0 Å². The molecule has 1 fully saturated rings. The molecular weight excluding hydrogens is 508 g/mol. The molecule has 0 spiro atoms. The van der Waals surface area contributed by atoms with E-state index in [-0.39, 0.29) is 29.3 Å². The van der Waals surface area contributed by atoms with Gasteiger partial charge in [0.05, 0.1) is 17.6 Å². The highest BCUT2D eigenvalue weighted by atomic mass is 16.6. The van der Waals surface area contributed by atoms with E-state index in [4.69, 9.17) is 9.72 Å². The van der Waals surface area contributed by atoms with Crippen LogP contribution in [0.2, 0.25) is 0 Å². The normalized spacial score (nSPS) is 14.9. The third-order valence-corrected chi connectivity index (χ3v) is 6.88. The Morgan fingerprint density at radius 2 is 1.75 bits per heavy atom.